The second-order valence-corrected chi connectivity index (χ2v) is 35.6. The molecule has 10 N–H and O–H groups in total. The third kappa shape index (κ3) is 50.1. The van der Waals surface area contributed by atoms with Gasteiger partial charge in [-0.2, -0.15) is 0 Å². The van der Waals surface area contributed by atoms with Crippen molar-refractivity contribution < 1.29 is 122 Å². The molecule has 3 rings (SSSR count). The highest BCUT2D eigenvalue weighted by Gasteiger charge is 2.60. The summed E-state index contributed by atoms with van der Waals surface area (Å²) in [6.45, 7) is 7.92. The summed E-state index contributed by atoms with van der Waals surface area (Å²) in [5.74, 6) is -2.28. The molecule has 2 heterocycles. The lowest BCUT2D eigenvalue weighted by Gasteiger charge is -2.50. The summed E-state index contributed by atoms with van der Waals surface area (Å²) in [7, 11) is -5.81. The minimum atomic E-state index is -5.81. The van der Waals surface area contributed by atoms with Crippen LogP contribution in [0.1, 0.15) is 407 Å². The van der Waals surface area contributed by atoms with Gasteiger partial charge in [-0.1, -0.05) is 342 Å². The second-order valence-electron chi connectivity index (χ2n) is 34.2. The molecule has 2 aliphatic heterocycles. The predicted octanol–water partition coefficient (Wildman–Crippen LogP) is 17.4. The van der Waals surface area contributed by atoms with E-state index >= 15 is 0 Å². The maximum absolute atomic E-state index is 14.9. The predicted molar refractivity (Wildman–Crippen MR) is 453 cm³/mol. The number of hydrogen-bond donors (Lipinski definition) is 10. The van der Waals surface area contributed by atoms with Gasteiger partial charge >= 0.3 is 31.7 Å². The first-order chi connectivity index (χ1) is 56.6. The van der Waals surface area contributed by atoms with E-state index in [9.17, 15) is 74.6 Å². The number of esters is 4. The number of allylic oxidation sites excluding steroid dienone is 2. The van der Waals surface area contributed by atoms with Crippen LogP contribution in [0.25, 0.3) is 0 Å². The largest absolute Gasteiger partial charge is 0.472 e. The van der Waals surface area contributed by atoms with Crippen LogP contribution in [0, 0.1) is 5.92 Å². The van der Waals surface area contributed by atoms with Gasteiger partial charge < -0.3 is 88.7 Å². The third-order valence-electron chi connectivity index (χ3n) is 23.4. The van der Waals surface area contributed by atoms with Gasteiger partial charge in [0.15, 0.2) is 24.8 Å². The van der Waals surface area contributed by atoms with E-state index in [-0.39, 0.29) is 32.1 Å². The van der Waals surface area contributed by atoms with E-state index in [1.807, 2.05) is 0 Å². The average Bonchev–Trinajstić information content (AvgIpc) is 0.696. The van der Waals surface area contributed by atoms with Crippen LogP contribution in [0.4, 0.5) is 0 Å². The molecular formula is C91H169O25P. The highest BCUT2D eigenvalue weighted by molar-refractivity contribution is 7.47. The highest BCUT2D eigenvalue weighted by atomic mass is 31.2. The number of hydrogen-bond acceptors (Lipinski definition) is 24. The van der Waals surface area contributed by atoms with Crippen molar-refractivity contribution in [2.75, 3.05) is 26.4 Å². The number of phosphoric ester groups is 1. The summed E-state index contributed by atoms with van der Waals surface area (Å²) in [5, 5.41) is 102. The van der Waals surface area contributed by atoms with Gasteiger partial charge in [0.05, 0.1) is 13.2 Å². The fourth-order valence-corrected chi connectivity index (χ4v) is 16.8. The minimum Gasteiger partial charge on any atom is -0.463 e. The summed E-state index contributed by atoms with van der Waals surface area (Å²) in [4.78, 5) is 66.5. The molecule has 0 aromatic rings. The van der Waals surface area contributed by atoms with Gasteiger partial charge in [-0.05, 0) is 57.3 Å². The zero-order valence-corrected chi connectivity index (χ0v) is 74.3. The van der Waals surface area contributed by atoms with Gasteiger partial charge in [-0.15, -0.1) is 0 Å². The van der Waals surface area contributed by atoms with Crippen molar-refractivity contribution in [3.63, 3.8) is 0 Å². The molecule has 0 aromatic carbocycles. The molecule has 19 unspecified atom stereocenters. The fraction of sp³-hybridized carbons (Fsp3) is 0.934. The average molecular weight is 1690 g/mol. The van der Waals surface area contributed by atoms with E-state index in [0.717, 1.165) is 122 Å². The standard InChI is InChI=1S/C91H169O25P/c1-6-10-14-18-22-25-28-31-32-33-36-39-41-44-52-58-64-76(95)110-71(67-107-74(93)62-56-50-43-40-37-34-29-26-23-19-15-11-7-2)68-109-117(105,106)116-89-87(114-90-84(103)80(99)78(97)72(66-92)111-90)83(102)82(101)86(113-77(96)65-59-53-45-42-38-35-30-27-24-20-16-12-8-3)88(89)115-91-85(104)81(100)79(98)73(112-91)69-108-75(94)63-57-51-47-46-49-55-61-70(5)60-54-48-21-17-13-9-4/h35,38,70-73,78-92,97-104H,6-34,36-37,39-69H2,1-5H3,(H,105,106)/b38-35-. The zero-order valence-electron chi connectivity index (χ0n) is 73.4. The van der Waals surface area contributed by atoms with Gasteiger partial charge in [0.1, 0.15) is 92.6 Å². The molecule has 26 heteroatoms. The molecule has 1 saturated carbocycles. The molecule has 0 radical (unpaired) electrons. The van der Waals surface area contributed by atoms with Crippen LogP contribution < -0.4 is 0 Å². The number of unbranched alkanes of at least 4 members (excludes halogenated alkanes) is 46. The monoisotopic (exact) mass is 1690 g/mol. The molecular weight excluding hydrogens is 1520 g/mol. The zero-order chi connectivity index (χ0) is 85.5. The number of ether oxygens (including phenoxy) is 8. The van der Waals surface area contributed by atoms with Gasteiger partial charge in [0.25, 0.3) is 0 Å². The number of phosphoric acid groups is 1. The number of aliphatic hydroxyl groups is 9. The van der Waals surface area contributed by atoms with Crippen LogP contribution in [0.5, 0.6) is 0 Å². The molecule has 3 fully saturated rings. The van der Waals surface area contributed by atoms with Crippen molar-refractivity contribution in [3.05, 3.63) is 12.2 Å². The third-order valence-corrected chi connectivity index (χ3v) is 24.4. The fourth-order valence-electron chi connectivity index (χ4n) is 15.8. The molecule has 0 bridgehead atoms. The number of aliphatic hydroxyl groups excluding tert-OH is 9. The van der Waals surface area contributed by atoms with Crippen LogP contribution >= 0.6 is 7.82 Å². The Morgan fingerprint density at radius 3 is 1.11 bits per heavy atom. The SMILES string of the molecule is CCCCCCCC/C=C\CCCCCC(=O)OC1C(O)C(O)C(OC2OC(CO)C(O)C(O)C2O)C(OP(=O)(O)OCC(COC(=O)CCCCCCCCCCCCCCC)OC(=O)CCCCCCCCCCCCCCCCCC)C1OC1OC(COC(=O)CCCCCCCCC(C)CCCCCCCC)C(O)C(O)C1O. The topological polar surface area (TPSA) is 380 Å². The second kappa shape index (κ2) is 69.5. The number of rotatable bonds is 76. The smallest absolute Gasteiger partial charge is 0.463 e. The van der Waals surface area contributed by atoms with Crippen molar-refractivity contribution in [2.45, 2.75) is 511 Å². The maximum atomic E-state index is 14.9. The van der Waals surface area contributed by atoms with E-state index in [2.05, 4.69) is 46.8 Å². The Bertz CT molecular complexity index is 2500. The van der Waals surface area contributed by atoms with Gasteiger partial charge in [0.2, 0.25) is 0 Å². The Morgan fingerprint density at radius 1 is 0.359 bits per heavy atom. The van der Waals surface area contributed by atoms with Gasteiger partial charge in [0, 0.05) is 25.7 Å². The van der Waals surface area contributed by atoms with Crippen LogP contribution in [0.3, 0.4) is 0 Å². The van der Waals surface area contributed by atoms with Gasteiger partial charge in [-0.3, -0.25) is 28.2 Å². The minimum absolute atomic E-state index is 0.0144. The van der Waals surface area contributed by atoms with E-state index < -0.39 is 162 Å². The van der Waals surface area contributed by atoms with Crippen LogP contribution in [-0.4, -0.2) is 205 Å². The highest BCUT2D eigenvalue weighted by Crippen LogP contribution is 2.49. The first-order valence-corrected chi connectivity index (χ1v) is 48.8. The summed E-state index contributed by atoms with van der Waals surface area (Å²) in [6.07, 6.45) is 26.5. The quantitative estimate of drug-likeness (QED) is 0.00889. The van der Waals surface area contributed by atoms with E-state index in [4.69, 9.17) is 46.9 Å². The van der Waals surface area contributed by atoms with Crippen molar-refractivity contribution in [2.24, 2.45) is 5.92 Å². The maximum Gasteiger partial charge on any atom is 0.472 e. The molecule has 117 heavy (non-hydrogen) atoms. The molecule has 3 aliphatic rings. The van der Waals surface area contributed by atoms with Crippen molar-refractivity contribution >= 4 is 31.7 Å². The van der Waals surface area contributed by atoms with Gasteiger partial charge in [-0.25, -0.2) is 4.57 Å². The summed E-state index contributed by atoms with van der Waals surface area (Å²) < 4.78 is 73.4. The van der Waals surface area contributed by atoms with Crippen molar-refractivity contribution in [1.82, 2.24) is 0 Å². The molecule has 0 aromatic heterocycles. The molecule has 19 atom stereocenters. The molecule has 25 nitrogen and oxygen atoms in total. The lowest BCUT2D eigenvalue weighted by Crippen LogP contribution is -2.70. The summed E-state index contributed by atoms with van der Waals surface area (Å²) in [6, 6.07) is 0. The lowest BCUT2D eigenvalue weighted by molar-refractivity contribution is -0.360. The number of carbonyl (C=O) groups excluding carboxylic acids is 4. The Labute approximate surface area is 705 Å². The van der Waals surface area contributed by atoms with Crippen LogP contribution in [-0.2, 0) is 70.7 Å². The normalized spacial score (nSPS) is 25.3. The Morgan fingerprint density at radius 2 is 0.692 bits per heavy atom. The lowest BCUT2D eigenvalue weighted by atomic mass is 9.84. The first-order valence-electron chi connectivity index (χ1n) is 47.3. The molecule has 688 valence electrons. The van der Waals surface area contributed by atoms with Crippen LogP contribution in [0.2, 0.25) is 0 Å². The van der Waals surface area contributed by atoms with E-state index in [0.29, 0.717) is 38.0 Å². The first kappa shape index (κ1) is 108. The summed E-state index contributed by atoms with van der Waals surface area (Å²) in [5.41, 5.74) is 0. The van der Waals surface area contributed by atoms with Crippen molar-refractivity contribution in [1.29, 1.82) is 0 Å². The molecule has 2 saturated heterocycles. The van der Waals surface area contributed by atoms with Crippen molar-refractivity contribution in [3.8, 4) is 0 Å². The van der Waals surface area contributed by atoms with Crippen LogP contribution in [0.15, 0.2) is 12.2 Å². The molecule has 0 spiro atoms. The Kier molecular flexibility index (Phi) is 64.4. The molecule has 1 aliphatic carbocycles. The Balaban J connectivity index is 1.92. The molecule has 0 amide bonds. The summed E-state index contributed by atoms with van der Waals surface area (Å²) >= 11 is 0. The Hall–Kier alpha value is -2.79. The van der Waals surface area contributed by atoms with E-state index in [1.54, 1.807) is 0 Å². The number of carbonyl (C=O) groups is 4. The van der Waals surface area contributed by atoms with E-state index in [1.165, 1.54) is 186 Å².